The van der Waals surface area contributed by atoms with E-state index in [1.807, 2.05) is 32.6 Å². The van der Waals surface area contributed by atoms with Gasteiger partial charge in [-0.3, -0.25) is 14.5 Å². The first-order valence-corrected chi connectivity index (χ1v) is 10.8. The minimum atomic E-state index is -0.307. The normalized spacial score (nSPS) is 21.1. The quantitative estimate of drug-likeness (QED) is 0.797. The summed E-state index contributed by atoms with van der Waals surface area (Å²) in [4.78, 5) is 27.2. The van der Waals surface area contributed by atoms with Gasteiger partial charge in [0.15, 0.2) is 0 Å². The molecule has 0 radical (unpaired) electrons. The summed E-state index contributed by atoms with van der Waals surface area (Å²) in [5.74, 6) is 0.556. The lowest BCUT2D eigenvalue weighted by Gasteiger charge is -2.36. The molecular formula is C22H33N5O2. The summed E-state index contributed by atoms with van der Waals surface area (Å²) in [6, 6.07) is 2.31. The van der Waals surface area contributed by atoms with Gasteiger partial charge >= 0.3 is 0 Å². The molecule has 0 spiro atoms. The van der Waals surface area contributed by atoms with Gasteiger partial charge in [0.05, 0.1) is 18.2 Å². The topological polar surface area (TPSA) is 90.2 Å². The Kier molecular flexibility index (Phi) is 6.63. The fourth-order valence-electron chi connectivity index (χ4n) is 4.87. The molecule has 1 atom stereocenters. The van der Waals surface area contributed by atoms with Gasteiger partial charge in [-0.1, -0.05) is 33.1 Å². The Balaban J connectivity index is 1.83. The van der Waals surface area contributed by atoms with Gasteiger partial charge in [-0.25, -0.2) is 0 Å². The van der Waals surface area contributed by atoms with E-state index in [1.54, 1.807) is 0 Å². The van der Waals surface area contributed by atoms with Crippen LogP contribution in [0.25, 0.3) is 0 Å². The van der Waals surface area contributed by atoms with Crippen LogP contribution in [-0.4, -0.2) is 47.0 Å². The molecule has 3 rings (SSSR count). The smallest absolute Gasteiger partial charge is 0.239 e. The van der Waals surface area contributed by atoms with Gasteiger partial charge in [0, 0.05) is 24.8 Å². The summed E-state index contributed by atoms with van der Waals surface area (Å²) in [6.07, 6.45) is 5.75. The monoisotopic (exact) mass is 399 g/mol. The van der Waals surface area contributed by atoms with Crippen molar-refractivity contribution < 1.29 is 9.59 Å². The van der Waals surface area contributed by atoms with E-state index >= 15 is 0 Å². The lowest BCUT2D eigenvalue weighted by Crippen LogP contribution is -2.58. The van der Waals surface area contributed by atoms with Gasteiger partial charge in [-0.2, -0.15) is 5.26 Å². The van der Waals surface area contributed by atoms with Crippen LogP contribution in [-0.2, 0) is 9.59 Å². The van der Waals surface area contributed by atoms with Crippen LogP contribution < -0.4 is 10.6 Å². The second kappa shape index (κ2) is 9.00. The zero-order valence-electron chi connectivity index (χ0n) is 18.0. The first-order chi connectivity index (χ1) is 13.8. The highest BCUT2D eigenvalue weighted by Gasteiger charge is 2.34. The first kappa shape index (κ1) is 21.4. The lowest BCUT2D eigenvalue weighted by molar-refractivity contribution is -0.132. The maximum Gasteiger partial charge on any atom is 0.239 e. The number of piperazine rings is 1. The number of carbonyl (C=O) groups is 2. The third-order valence-corrected chi connectivity index (χ3v) is 6.40. The Morgan fingerprint density at radius 3 is 2.59 bits per heavy atom. The highest BCUT2D eigenvalue weighted by molar-refractivity contribution is 5.94. The summed E-state index contributed by atoms with van der Waals surface area (Å²) >= 11 is 0. The molecule has 2 amide bonds. The number of rotatable bonds is 5. The number of nitrogens with one attached hydrogen (secondary N) is 2. The SMILES string of the molecule is Cc1c(C#N)c(NC(=O)CN2CCNC(=O)C2C(C)C)n(C2CCCCC2)c1C. The van der Waals surface area contributed by atoms with Crippen molar-refractivity contribution >= 4 is 17.6 Å². The molecule has 1 unspecified atom stereocenters. The van der Waals surface area contributed by atoms with Gasteiger partial charge in [-0.05, 0) is 38.2 Å². The number of nitriles is 1. The van der Waals surface area contributed by atoms with Gasteiger partial charge in [0.2, 0.25) is 11.8 Å². The number of aromatic nitrogens is 1. The Morgan fingerprint density at radius 1 is 1.28 bits per heavy atom. The van der Waals surface area contributed by atoms with E-state index in [0.717, 1.165) is 24.1 Å². The van der Waals surface area contributed by atoms with Crippen molar-refractivity contribution in [2.45, 2.75) is 71.9 Å². The molecular weight excluding hydrogens is 366 g/mol. The van der Waals surface area contributed by atoms with Gasteiger partial charge in [-0.15, -0.1) is 0 Å². The van der Waals surface area contributed by atoms with E-state index in [9.17, 15) is 14.9 Å². The number of nitrogens with zero attached hydrogens (tertiary/aromatic N) is 3. The van der Waals surface area contributed by atoms with Crippen molar-refractivity contribution in [2.24, 2.45) is 5.92 Å². The molecule has 1 saturated carbocycles. The molecule has 158 valence electrons. The molecule has 2 heterocycles. The molecule has 0 bridgehead atoms. The minimum Gasteiger partial charge on any atom is -0.353 e. The highest BCUT2D eigenvalue weighted by Crippen LogP contribution is 2.36. The summed E-state index contributed by atoms with van der Waals surface area (Å²) < 4.78 is 2.17. The van der Waals surface area contributed by atoms with Crippen molar-refractivity contribution in [3.8, 4) is 6.07 Å². The maximum atomic E-state index is 13.0. The van der Waals surface area contributed by atoms with Crippen molar-refractivity contribution in [3.05, 3.63) is 16.8 Å². The molecule has 1 saturated heterocycles. The molecule has 2 aliphatic rings. The average Bonchev–Trinajstić information content (AvgIpc) is 2.91. The number of hydrogen-bond donors (Lipinski definition) is 2. The van der Waals surface area contributed by atoms with E-state index < -0.39 is 0 Å². The fourth-order valence-corrected chi connectivity index (χ4v) is 4.87. The van der Waals surface area contributed by atoms with Gasteiger partial charge in [0.25, 0.3) is 0 Å². The van der Waals surface area contributed by atoms with Crippen LogP contribution in [0.2, 0.25) is 0 Å². The molecule has 29 heavy (non-hydrogen) atoms. The van der Waals surface area contributed by atoms with Gasteiger partial charge in [0.1, 0.15) is 11.9 Å². The summed E-state index contributed by atoms with van der Waals surface area (Å²) in [6.45, 7) is 9.32. The van der Waals surface area contributed by atoms with E-state index in [0.29, 0.717) is 30.5 Å². The summed E-state index contributed by atoms with van der Waals surface area (Å²) in [5, 5.41) is 15.7. The zero-order valence-corrected chi connectivity index (χ0v) is 18.0. The number of hydrogen-bond acceptors (Lipinski definition) is 4. The molecule has 1 aliphatic heterocycles. The predicted molar refractivity (Wildman–Crippen MR) is 113 cm³/mol. The third-order valence-electron chi connectivity index (χ3n) is 6.40. The minimum absolute atomic E-state index is 0.0194. The molecule has 7 nitrogen and oxygen atoms in total. The summed E-state index contributed by atoms with van der Waals surface area (Å²) in [5.41, 5.74) is 2.55. The van der Waals surface area contributed by atoms with Crippen LogP contribution in [0.4, 0.5) is 5.82 Å². The molecule has 0 aromatic carbocycles. The van der Waals surface area contributed by atoms with Crippen LogP contribution in [0.1, 0.15) is 68.8 Å². The van der Waals surface area contributed by atoms with E-state index in [4.69, 9.17) is 0 Å². The molecule has 2 fully saturated rings. The van der Waals surface area contributed by atoms with E-state index in [1.165, 1.54) is 19.3 Å². The highest BCUT2D eigenvalue weighted by atomic mass is 16.2. The Labute approximate surface area is 173 Å². The average molecular weight is 400 g/mol. The van der Waals surface area contributed by atoms with Crippen molar-refractivity contribution in [3.63, 3.8) is 0 Å². The van der Waals surface area contributed by atoms with Crippen LogP contribution in [0.15, 0.2) is 0 Å². The standard InChI is InChI=1S/C22H33N5O2/c1-14(2)20-22(29)24-10-11-26(20)13-19(28)25-21-18(12-23)15(3)16(4)27(21)17-8-6-5-7-9-17/h14,17,20H,5-11,13H2,1-4H3,(H,24,29)(H,25,28). The van der Waals surface area contributed by atoms with Crippen molar-refractivity contribution in [1.29, 1.82) is 5.26 Å². The van der Waals surface area contributed by atoms with Gasteiger partial charge < -0.3 is 15.2 Å². The van der Waals surface area contributed by atoms with Crippen molar-refractivity contribution in [2.75, 3.05) is 25.0 Å². The molecule has 2 N–H and O–H groups in total. The van der Waals surface area contributed by atoms with Crippen LogP contribution >= 0.6 is 0 Å². The second-order valence-electron chi connectivity index (χ2n) is 8.71. The van der Waals surface area contributed by atoms with E-state index in [-0.39, 0.29) is 30.3 Å². The lowest BCUT2D eigenvalue weighted by atomic mass is 9.95. The zero-order chi connectivity index (χ0) is 21.1. The molecule has 1 aromatic rings. The molecule has 1 aromatic heterocycles. The van der Waals surface area contributed by atoms with Crippen LogP contribution in [0, 0.1) is 31.1 Å². The number of amides is 2. The Bertz CT molecular complexity index is 814. The Morgan fingerprint density at radius 2 is 1.97 bits per heavy atom. The van der Waals surface area contributed by atoms with Crippen LogP contribution in [0.3, 0.4) is 0 Å². The van der Waals surface area contributed by atoms with E-state index in [2.05, 4.69) is 21.3 Å². The molecule has 1 aliphatic carbocycles. The summed E-state index contributed by atoms with van der Waals surface area (Å²) in [7, 11) is 0. The van der Waals surface area contributed by atoms with Crippen molar-refractivity contribution in [1.82, 2.24) is 14.8 Å². The number of carbonyl (C=O) groups excluding carboxylic acids is 2. The molecule has 7 heteroatoms. The Hall–Kier alpha value is -2.33. The predicted octanol–water partition coefficient (Wildman–Crippen LogP) is 2.88. The van der Waals surface area contributed by atoms with Crippen LogP contribution in [0.5, 0.6) is 0 Å². The fraction of sp³-hybridized carbons (Fsp3) is 0.682. The first-order valence-electron chi connectivity index (χ1n) is 10.8. The number of anilines is 1. The third kappa shape index (κ3) is 4.32. The largest absolute Gasteiger partial charge is 0.353 e. The second-order valence-corrected chi connectivity index (χ2v) is 8.71. The maximum absolute atomic E-state index is 13.0.